The van der Waals surface area contributed by atoms with Crippen molar-refractivity contribution in [1.82, 2.24) is 25.2 Å². The quantitative estimate of drug-likeness (QED) is 0.470. The van der Waals surface area contributed by atoms with Gasteiger partial charge in [-0.25, -0.2) is 15.0 Å². The molecule has 9 nitrogen and oxygen atoms in total. The second-order valence-corrected chi connectivity index (χ2v) is 8.71. The smallest absolute Gasteiger partial charge is 0.263 e. The Morgan fingerprint density at radius 2 is 2.06 bits per heavy atom. The number of pyridine rings is 1. The number of fused-ring (bicyclic) bond motifs is 1. The molecule has 0 unspecified atom stereocenters. The lowest BCUT2D eigenvalue weighted by Gasteiger charge is -2.35. The molecule has 0 aliphatic carbocycles. The zero-order valence-electron chi connectivity index (χ0n) is 18.0. The standard InChI is InChI=1S/C22H27N7O2S/c1-24-20(31)19-18(23)14-8-9-15(28-21(14)32-19)16-6-2-3-13-29(16)17(30)7-4-10-25-22-26-11-5-12-27-22/h5,8-9,11-12,16H,2-4,6-7,10,13,23H2,1H3,(H,24,31)(H,25,26,27)/t16-/m1/s1. The van der Waals surface area contributed by atoms with E-state index in [1.807, 2.05) is 17.0 Å². The molecule has 4 N–H and O–H groups in total. The third kappa shape index (κ3) is 4.64. The van der Waals surface area contributed by atoms with E-state index in [2.05, 4.69) is 20.6 Å². The van der Waals surface area contributed by atoms with Crippen molar-refractivity contribution in [3.8, 4) is 0 Å². The maximum Gasteiger partial charge on any atom is 0.263 e. The fourth-order valence-electron chi connectivity index (χ4n) is 3.99. The fourth-order valence-corrected chi connectivity index (χ4v) is 5.04. The van der Waals surface area contributed by atoms with E-state index in [9.17, 15) is 9.59 Å². The van der Waals surface area contributed by atoms with Gasteiger partial charge in [0, 0.05) is 44.3 Å². The minimum absolute atomic E-state index is 0.0576. The molecule has 168 valence electrons. The van der Waals surface area contributed by atoms with Gasteiger partial charge >= 0.3 is 0 Å². The molecule has 0 radical (unpaired) electrons. The summed E-state index contributed by atoms with van der Waals surface area (Å²) in [6, 6.07) is 5.55. The van der Waals surface area contributed by atoms with E-state index in [0.717, 1.165) is 41.7 Å². The van der Waals surface area contributed by atoms with Gasteiger partial charge < -0.3 is 21.3 Å². The first-order valence-corrected chi connectivity index (χ1v) is 11.6. The Hall–Kier alpha value is -3.27. The van der Waals surface area contributed by atoms with E-state index in [1.165, 1.54) is 11.3 Å². The molecule has 32 heavy (non-hydrogen) atoms. The summed E-state index contributed by atoms with van der Waals surface area (Å²) in [5.74, 6) is 0.486. The first-order valence-electron chi connectivity index (χ1n) is 10.8. The molecule has 0 aromatic carbocycles. The SMILES string of the molecule is CNC(=O)c1sc2nc([C@H]3CCCCN3C(=O)CCCNc3ncccn3)ccc2c1N. The molecule has 1 saturated heterocycles. The average Bonchev–Trinajstić information content (AvgIpc) is 3.17. The van der Waals surface area contributed by atoms with Gasteiger partial charge in [-0.1, -0.05) is 0 Å². The van der Waals surface area contributed by atoms with E-state index >= 15 is 0 Å². The van der Waals surface area contributed by atoms with E-state index in [0.29, 0.717) is 35.9 Å². The number of carbonyl (C=O) groups is 2. The molecule has 0 spiro atoms. The minimum atomic E-state index is -0.212. The number of likely N-dealkylation sites (tertiary alicyclic amines) is 1. The predicted molar refractivity (Wildman–Crippen MR) is 125 cm³/mol. The Balaban J connectivity index is 1.44. The molecule has 1 fully saturated rings. The largest absolute Gasteiger partial charge is 0.397 e. The number of hydrogen-bond donors (Lipinski definition) is 3. The minimum Gasteiger partial charge on any atom is -0.397 e. The van der Waals surface area contributed by atoms with E-state index in [1.54, 1.807) is 25.5 Å². The average molecular weight is 454 g/mol. The summed E-state index contributed by atoms with van der Waals surface area (Å²) in [6.07, 6.45) is 7.44. The zero-order valence-corrected chi connectivity index (χ0v) is 18.8. The summed E-state index contributed by atoms with van der Waals surface area (Å²) in [4.78, 5) is 41.3. The third-order valence-corrected chi connectivity index (χ3v) is 6.74. The maximum absolute atomic E-state index is 13.0. The highest BCUT2D eigenvalue weighted by Crippen LogP contribution is 2.36. The Labute approximate surface area is 190 Å². The van der Waals surface area contributed by atoms with Crippen LogP contribution in [0.25, 0.3) is 10.2 Å². The second kappa shape index (κ2) is 9.90. The topological polar surface area (TPSA) is 126 Å². The molecule has 1 aliphatic heterocycles. The molecule has 3 aromatic rings. The number of hydrogen-bond acceptors (Lipinski definition) is 8. The van der Waals surface area contributed by atoms with Gasteiger partial charge in [0.1, 0.15) is 9.71 Å². The number of aromatic nitrogens is 3. The lowest BCUT2D eigenvalue weighted by atomic mass is 9.98. The number of amides is 2. The molecule has 0 bridgehead atoms. The monoisotopic (exact) mass is 453 g/mol. The van der Waals surface area contributed by atoms with E-state index < -0.39 is 0 Å². The van der Waals surface area contributed by atoms with Crippen molar-refractivity contribution in [3.63, 3.8) is 0 Å². The molecule has 1 aliphatic rings. The van der Waals surface area contributed by atoms with Crippen LogP contribution in [-0.4, -0.2) is 51.8 Å². The molecule has 10 heteroatoms. The van der Waals surface area contributed by atoms with Crippen molar-refractivity contribution in [1.29, 1.82) is 0 Å². The van der Waals surface area contributed by atoms with Crippen molar-refractivity contribution in [2.24, 2.45) is 0 Å². The van der Waals surface area contributed by atoms with Gasteiger partial charge in [-0.2, -0.15) is 0 Å². The Kier molecular flexibility index (Phi) is 6.79. The summed E-state index contributed by atoms with van der Waals surface area (Å²) >= 11 is 1.29. The van der Waals surface area contributed by atoms with Crippen LogP contribution in [0.15, 0.2) is 30.6 Å². The molecule has 4 heterocycles. The van der Waals surface area contributed by atoms with Crippen molar-refractivity contribution in [2.45, 2.75) is 38.1 Å². The second-order valence-electron chi connectivity index (χ2n) is 7.71. The molecule has 3 aromatic heterocycles. The summed E-state index contributed by atoms with van der Waals surface area (Å²) in [6.45, 7) is 1.36. The first kappa shape index (κ1) is 21.9. The van der Waals surface area contributed by atoms with Gasteiger partial charge in [0.05, 0.1) is 17.4 Å². The van der Waals surface area contributed by atoms with Crippen LogP contribution in [0.5, 0.6) is 0 Å². The lowest BCUT2D eigenvalue weighted by molar-refractivity contribution is -0.135. The molecule has 4 rings (SSSR count). The summed E-state index contributed by atoms with van der Waals surface area (Å²) < 4.78 is 0. The van der Waals surface area contributed by atoms with Gasteiger partial charge in [0.15, 0.2) is 0 Å². The zero-order chi connectivity index (χ0) is 22.5. The Morgan fingerprint density at radius 1 is 1.25 bits per heavy atom. The highest BCUT2D eigenvalue weighted by molar-refractivity contribution is 7.21. The number of anilines is 2. The highest BCUT2D eigenvalue weighted by Gasteiger charge is 2.29. The number of thiophene rings is 1. The number of piperidine rings is 1. The molecule has 1 atom stereocenters. The molecular formula is C22H27N7O2S. The predicted octanol–water partition coefficient (Wildman–Crippen LogP) is 2.97. The maximum atomic E-state index is 13.0. The number of nitrogens with one attached hydrogen (secondary N) is 2. The van der Waals surface area contributed by atoms with Crippen molar-refractivity contribution in [3.05, 3.63) is 41.2 Å². The number of rotatable bonds is 7. The highest BCUT2D eigenvalue weighted by atomic mass is 32.1. The summed E-state index contributed by atoms with van der Waals surface area (Å²) in [5.41, 5.74) is 7.47. The van der Waals surface area contributed by atoms with Crippen LogP contribution in [0.3, 0.4) is 0 Å². The van der Waals surface area contributed by atoms with Crippen molar-refractivity contribution in [2.75, 3.05) is 31.2 Å². The van der Waals surface area contributed by atoms with E-state index in [-0.39, 0.29) is 17.9 Å². The van der Waals surface area contributed by atoms with Crippen molar-refractivity contribution < 1.29 is 9.59 Å². The normalized spacial score (nSPS) is 16.2. The van der Waals surface area contributed by atoms with Gasteiger partial charge in [-0.05, 0) is 43.9 Å². The summed E-state index contributed by atoms with van der Waals surface area (Å²) in [5, 5.41) is 6.53. The van der Waals surface area contributed by atoms with Crippen LogP contribution in [-0.2, 0) is 4.79 Å². The van der Waals surface area contributed by atoms with Crippen LogP contribution in [0.2, 0.25) is 0 Å². The van der Waals surface area contributed by atoms with Gasteiger partial charge in [0.25, 0.3) is 5.91 Å². The third-order valence-electron chi connectivity index (χ3n) is 5.63. The Morgan fingerprint density at radius 3 is 2.84 bits per heavy atom. The fraction of sp³-hybridized carbons (Fsp3) is 0.409. The number of nitrogens with two attached hydrogens (primary N) is 1. The molecular weight excluding hydrogens is 426 g/mol. The van der Waals surface area contributed by atoms with Gasteiger partial charge in [-0.15, -0.1) is 11.3 Å². The molecule has 0 saturated carbocycles. The summed E-state index contributed by atoms with van der Waals surface area (Å²) in [7, 11) is 1.58. The first-order chi connectivity index (χ1) is 15.6. The number of nitrogens with zero attached hydrogens (tertiary/aromatic N) is 4. The Bertz CT molecular complexity index is 1100. The number of nitrogen functional groups attached to an aromatic ring is 1. The van der Waals surface area contributed by atoms with Crippen LogP contribution in [0.4, 0.5) is 11.6 Å². The van der Waals surface area contributed by atoms with Gasteiger partial charge in [0.2, 0.25) is 11.9 Å². The van der Waals surface area contributed by atoms with E-state index in [4.69, 9.17) is 10.7 Å². The van der Waals surface area contributed by atoms with Crippen LogP contribution in [0.1, 0.15) is 53.5 Å². The van der Waals surface area contributed by atoms with Crippen LogP contribution >= 0.6 is 11.3 Å². The van der Waals surface area contributed by atoms with Crippen LogP contribution < -0.4 is 16.4 Å². The van der Waals surface area contributed by atoms with Crippen molar-refractivity contribution >= 4 is 45.0 Å². The lowest BCUT2D eigenvalue weighted by Crippen LogP contribution is -2.38. The van der Waals surface area contributed by atoms with Gasteiger partial charge in [-0.3, -0.25) is 9.59 Å². The molecule has 2 amide bonds. The van der Waals surface area contributed by atoms with Crippen LogP contribution in [0, 0.1) is 0 Å². The number of carbonyl (C=O) groups excluding carboxylic acids is 2.